The summed E-state index contributed by atoms with van der Waals surface area (Å²) in [6.07, 6.45) is 5.26. The minimum absolute atomic E-state index is 0.754. The van der Waals surface area contributed by atoms with Gasteiger partial charge in [-0.3, -0.25) is 0 Å². The van der Waals surface area contributed by atoms with Gasteiger partial charge in [-0.1, -0.05) is 12.1 Å². The van der Waals surface area contributed by atoms with Crippen molar-refractivity contribution < 1.29 is 0 Å². The second-order valence-electron chi connectivity index (χ2n) is 5.74. The molecule has 0 radical (unpaired) electrons. The normalized spacial score (nSPS) is 22.9. The van der Waals surface area contributed by atoms with Gasteiger partial charge in [-0.2, -0.15) is 0 Å². The molecule has 2 N–H and O–H groups in total. The maximum atomic E-state index is 6.07. The van der Waals surface area contributed by atoms with Crippen LogP contribution < -0.4 is 5.73 Å². The highest BCUT2D eigenvalue weighted by atomic mass is 15.1. The molecule has 0 unspecified atom stereocenters. The Balaban J connectivity index is 1.80. The fraction of sp³-hybridized carbons (Fsp3) is 0.600. The topological polar surface area (TPSA) is 29.3 Å². The van der Waals surface area contributed by atoms with E-state index >= 15 is 0 Å². The van der Waals surface area contributed by atoms with Gasteiger partial charge in [0.1, 0.15) is 0 Å². The van der Waals surface area contributed by atoms with Crippen LogP contribution in [0, 0.1) is 0 Å². The molecule has 3 rings (SSSR count). The monoisotopic (exact) mass is 230 g/mol. The first-order valence-electron chi connectivity index (χ1n) is 6.82. The molecule has 0 spiro atoms. The van der Waals surface area contributed by atoms with Crippen molar-refractivity contribution in [1.82, 2.24) is 4.90 Å². The predicted octanol–water partition coefficient (Wildman–Crippen LogP) is 2.96. The molecule has 1 aromatic rings. The molecular weight excluding hydrogens is 208 g/mol. The van der Waals surface area contributed by atoms with E-state index in [9.17, 15) is 0 Å². The van der Waals surface area contributed by atoms with Crippen LogP contribution >= 0.6 is 0 Å². The first-order valence-corrected chi connectivity index (χ1v) is 6.82. The summed E-state index contributed by atoms with van der Waals surface area (Å²) in [6.45, 7) is 2.46. The van der Waals surface area contributed by atoms with Crippen LogP contribution in [0.5, 0.6) is 0 Å². The molecule has 2 heteroatoms. The van der Waals surface area contributed by atoms with E-state index in [1.165, 1.54) is 49.9 Å². The zero-order chi connectivity index (χ0) is 11.8. The second-order valence-corrected chi connectivity index (χ2v) is 5.74. The maximum absolute atomic E-state index is 6.07. The molecule has 92 valence electrons. The van der Waals surface area contributed by atoms with Gasteiger partial charge in [0.05, 0.1) is 0 Å². The van der Waals surface area contributed by atoms with Crippen LogP contribution in [0.4, 0.5) is 5.69 Å². The van der Waals surface area contributed by atoms with Gasteiger partial charge in [0, 0.05) is 5.69 Å². The number of nitrogens with two attached hydrogens (primary N) is 1. The Morgan fingerprint density at radius 2 is 1.76 bits per heavy atom. The van der Waals surface area contributed by atoms with E-state index in [-0.39, 0.29) is 0 Å². The van der Waals surface area contributed by atoms with Crippen molar-refractivity contribution in [3.8, 4) is 0 Å². The molecule has 2 fully saturated rings. The van der Waals surface area contributed by atoms with Crippen molar-refractivity contribution in [2.75, 3.05) is 25.9 Å². The first kappa shape index (κ1) is 11.1. The summed E-state index contributed by atoms with van der Waals surface area (Å²) in [5.41, 5.74) is 10.0. The first-order chi connectivity index (χ1) is 8.24. The quantitative estimate of drug-likeness (QED) is 0.791. The molecule has 0 bridgehead atoms. The Bertz CT molecular complexity index is 401. The van der Waals surface area contributed by atoms with Crippen LogP contribution in [-0.2, 0) is 0 Å². The molecule has 17 heavy (non-hydrogen) atoms. The lowest BCUT2D eigenvalue weighted by Gasteiger charge is -2.29. The number of piperidine rings is 1. The molecule has 0 aromatic heterocycles. The summed E-state index contributed by atoms with van der Waals surface area (Å²) in [4.78, 5) is 2.43. The Hall–Kier alpha value is -1.02. The number of likely N-dealkylation sites (tertiary alicyclic amines) is 1. The molecule has 1 saturated carbocycles. The molecule has 0 amide bonds. The highest BCUT2D eigenvalue weighted by Gasteiger charge is 2.27. The third kappa shape index (κ3) is 2.32. The van der Waals surface area contributed by atoms with E-state index in [0.29, 0.717) is 0 Å². The van der Waals surface area contributed by atoms with Crippen molar-refractivity contribution in [3.05, 3.63) is 29.3 Å². The van der Waals surface area contributed by atoms with E-state index in [1.54, 1.807) is 0 Å². The SMILES string of the molecule is CN1CCC(c2ccc(N)c(C3CC3)c2)CC1. The average molecular weight is 230 g/mol. The van der Waals surface area contributed by atoms with Crippen LogP contribution in [0.1, 0.15) is 48.6 Å². The molecule has 1 saturated heterocycles. The number of hydrogen-bond acceptors (Lipinski definition) is 2. The summed E-state index contributed by atoms with van der Waals surface area (Å²) in [5, 5.41) is 0. The molecule has 0 atom stereocenters. The average Bonchev–Trinajstić information content (AvgIpc) is 3.15. The van der Waals surface area contributed by atoms with Crippen molar-refractivity contribution in [2.24, 2.45) is 0 Å². The van der Waals surface area contributed by atoms with Crippen LogP contribution in [0.2, 0.25) is 0 Å². The Labute approximate surface area is 104 Å². The predicted molar refractivity (Wildman–Crippen MR) is 72.3 cm³/mol. The molecule has 1 aliphatic carbocycles. The molecule has 1 aromatic carbocycles. The summed E-state index contributed by atoms with van der Waals surface area (Å²) in [6, 6.07) is 6.77. The number of nitrogen functional groups attached to an aromatic ring is 1. The van der Waals surface area contributed by atoms with Gasteiger partial charge in [0.2, 0.25) is 0 Å². The van der Waals surface area contributed by atoms with Crippen molar-refractivity contribution in [3.63, 3.8) is 0 Å². The van der Waals surface area contributed by atoms with Crippen LogP contribution in [0.25, 0.3) is 0 Å². The highest BCUT2D eigenvalue weighted by molar-refractivity contribution is 5.52. The number of hydrogen-bond donors (Lipinski definition) is 1. The lowest BCUT2D eigenvalue weighted by atomic mass is 9.88. The van der Waals surface area contributed by atoms with Gasteiger partial charge in [0.15, 0.2) is 0 Å². The molecule has 2 nitrogen and oxygen atoms in total. The van der Waals surface area contributed by atoms with E-state index in [4.69, 9.17) is 5.73 Å². The minimum Gasteiger partial charge on any atom is -0.398 e. The fourth-order valence-electron chi connectivity index (χ4n) is 2.94. The molecule has 1 heterocycles. The van der Waals surface area contributed by atoms with E-state index < -0.39 is 0 Å². The summed E-state index contributed by atoms with van der Waals surface area (Å²) >= 11 is 0. The number of nitrogens with zero attached hydrogens (tertiary/aromatic N) is 1. The fourth-order valence-corrected chi connectivity index (χ4v) is 2.94. The Morgan fingerprint density at radius 3 is 2.41 bits per heavy atom. The van der Waals surface area contributed by atoms with Crippen molar-refractivity contribution in [2.45, 2.75) is 37.5 Å². The highest BCUT2D eigenvalue weighted by Crippen LogP contribution is 2.44. The number of benzene rings is 1. The lowest BCUT2D eigenvalue weighted by Crippen LogP contribution is -2.29. The van der Waals surface area contributed by atoms with Gasteiger partial charge in [-0.15, -0.1) is 0 Å². The van der Waals surface area contributed by atoms with Gasteiger partial charge in [-0.25, -0.2) is 0 Å². The molecule has 2 aliphatic rings. The molecule has 1 aliphatic heterocycles. The second kappa shape index (κ2) is 4.34. The maximum Gasteiger partial charge on any atom is 0.0349 e. The largest absolute Gasteiger partial charge is 0.398 e. The standard InChI is InChI=1S/C15H22N2/c1-17-8-6-11(7-9-17)13-4-5-15(16)14(10-13)12-2-3-12/h4-5,10-12H,2-3,6-9,16H2,1H3. The van der Waals surface area contributed by atoms with Crippen LogP contribution in [0.15, 0.2) is 18.2 Å². The van der Waals surface area contributed by atoms with Crippen LogP contribution in [-0.4, -0.2) is 25.0 Å². The zero-order valence-electron chi connectivity index (χ0n) is 10.7. The van der Waals surface area contributed by atoms with Gasteiger partial charge < -0.3 is 10.6 Å². The summed E-state index contributed by atoms with van der Waals surface area (Å²) in [7, 11) is 2.22. The van der Waals surface area contributed by atoms with Crippen LogP contribution in [0.3, 0.4) is 0 Å². The summed E-state index contributed by atoms with van der Waals surface area (Å²) < 4.78 is 0. The van der Waals surface area contributed by atoms with E-state index in [2.05, 4.69) is 30.1 Å². The third-order valence-corrected chi connectivity index (χ3v) is 4.32. The van der Waals surface area contributed by atoms with Crippen molar-refractivity contribution >= 4 is 5.69 Å². The molecular formula is C15H22N2. The van der Waals surface area contributed by atoms with E-state index in [1.807, 2.05) is 0 Å². The minimum atomic E-state index is 0.754. The number of anilines is 1. The van der Waals surface area contributed by atoms with Crippen molar-refractivity contribution in [1.29, 1.82) is 0 Å². The smallest absolute Gasteiger partial charge is 0.0349 e. The lowest BCUT2D eigenvalue weighted by molar-refractivity contribution is 0.255. The van der Waals surface area contributed by atoms with E-state index in [0.717, 1.165) is 17.5 Å². The van der Waals surface area contributed by atoms with Gasteiger partial charge >= 0.3 is 0 Å². The Morgan fingerprint density at radius 1 is 1.06 bits per heavy atom. The third-order valence-electron chi connectivity index (χ3n) is 4.32. The Kier molecular flexibility index (Phi) is 2.83. The number of rotatable bonds is 2. The van der Waals surface area contributed by atoms with Gasteiger partial charge in [-0.05, 0) is 74.8 Å². The zero-order valence-corrected chi connectivity index (χ0v) is 10.7. The van der Waals surface area contributed by atoms with Gasteiger partial charge in [0.25, 0.3) is 0 Å². The summed E-state index contributed by atoms with van der Waals surface area (Å²) in [5.74, 6) is 1.52.